The second kappa shape index (κ2) is 11.2. The Kier molecular flexibility index (Phi) is 9.66. The van der Waals surface area contributed by atoms with Gasteiger partial charge in [0.15, 0.2) is 0 Å². The van der Waals surface area contributed by atoms with E-state index in [1.165, 1.54) is 0 Å². The number of nitrogens with one attached hydrogen (secondary N) is 1. The lowest BCUT2D eigenvalue weighted by molar-refractivity contribution is 0.0641. The molecule has 0 bridgehead atoms. The van der Waals surface area contributed by atoms with Crippen molar-refractivity contribution in [2.75, 3.05) is 32.7 Å². The maximum absolute atomic E-state index is 13.0. The number of halogens is 1. The van der Waals surface area contributed by atoms with Crippen molar-refractivity contribution < 1.29 is 9.59 Å². The Labute approximate surface area is 163 Å². The van der Waals surface area contributed by atoms with E-state index in [1.807, 2.05) is 18.7 Å². The smallest absolute Gasteiger partial charge is 0.254 e. The van der Waals surface area contributed by atoms with Crippen LogP contribution in [0.2, 0.25) is 0 Å². The molecule has 146 valence electrons. The quantitative estimate of drug-likeness (QED) is 0.789. The van der Waals surface area contributed by atoms with Gasteiger partial charge in [-0.15, -0.1) is 12.4 Å². The molecule has 1 aliphatic rings. The Morgan fingerprint density at radius 2 is 1.46 bits per heavy atom. The summed E-state index contributed by atoms with van der Waals surface area (Å²) < 4.78 is 0. The number of carbonyl (C=O) groups excluding carboxylic acids is 2. The Morgan fingerprint density at radius 3 is 1.92 bits per heavy atom. The van der Waals surface area contributed by atoms with E-state index in [1.54, 1.807) is 29.2 Å². The van der Waals surface area contributed by atoms with Crippen LogP contribution in [0, 0.1) is 0 Å². The highest BCUT2D eigenvalue weighted by molar-refractivity contribution is 5.98. The molecule has 0 aromatic heterocycles. The van der Waals surface area contributed by atoms with Crippen LogP contribution < -0.4 is 5.32 Å². The van der Waals surface area contributed by atoms with Crippen molar-refractivity contribution in [1.82, 2.24) is 15.1 Å². The fraction of sp³-hybridized carbons (Fsp3) is 0.600. The number of benzene rings is 1. The highest BCUT2D eigenvalue weighted by Crippen LogP contribution is 2.17. The van der Waals surface area contributed by atoms with Gasteiger partial charge in [0.05, 0.1) is 0 Å². The molecule has 2 rings (SSSR count). The zero-order chi connectivity index (χ0) is 18.2. The summed E-state index contributed by atoms with van der Waals surface area (Å²) in [6, 6.07) is 7.46. The van der Waals surface area contributed by atoms with Gasteiger partial charge in [-0.25, -0.2) is 0 Å². The van der Waals surface area contributed by atoms with Gasteiger partial charge in [0.1, 0.15) is 0 Å². The molecule has 1 aromatic carbocycles. The van der Waals surface area contributed by atoms with E-state index in [4.69, 9.17) is 0 Å². The van der Waals surface area contributed by atoms with Gasteiger partial charge in [-0.3, -0.25) is 9.59 Å². The summed E-state index contributed by atoms with van der Waals surface area (Å²) in [5.74, 6) is 0.100. The van der Waals surface area contributed by atoms with E-state index in [0.29, 0.717) is 30.3 Å². The normalized spacial score (nSPS) is 14.4. The second-order valence-corrected chi connectivity index (χ2v) is 6.53. The maximum Gasteiger partial charge on any atom is 0.254 e. The summed E-state index contributed by atoms with van der Waals surface area (Å²) in [6.45, 7) is 10.1. The third-order valence-electron chi connectivity index (χ3n) is 4.90. The lowest BCUT2D eigenvalue weighted by Crippen LogP contribution is -2.46. The van der Waals surface area contributed by atoms with Gasteiger partial charge < -0.3 is 15.1 Å². The molecule has 0 saturated carbocycles. The third kappa shape index (κ3) is 5.45. The number of nitrogens with zero attached hydrogens (tertiary/aromatic N) is 2. The molecule has 0 atom stereocenters. The average molecular weight is 382 g/mol. The Balaban J connectivity index is 0.00000338. The van der Waals surface area contributed by atoms with Crippen LogP contribution in [-0.2, 0) is 0 Å². The zero-order valence-electron chi connectivity index (χ0n) is 16.2. The first-order valence-corrected chi connectivity index (χ1v) is 9.53. The Hall–Kier alpha value is -1.59. The fourth-order valence-electron chi connectivity index (χ4n) is 3.42. The molecule has 0 aliphatic carbocycles. The molecule has 5 nitrogen and oxygen atoms in total. The molecule has 1 aliphatic heterocycles. The van der Waals surface area contributed by atoms with Crippen LogP contribution >= 0.6 is 12.4 Å². The van der Waals surface area contributed by atoms with Gasteiger partial charge >= 0.3 is 0 Å². The van der Waals surface area contributed by atoms with E-state index in [0.717, 1.165) is 38.9 Å². The predicted molar refractivity (Wildman–Crippen MR) is 108 cm³/mol. The van der Waals surface area contributed by atoms with Crippen LogP contribution in [0.25, 0.3) is 0 Å². The van der Waals surface area contributed by atoms with Crippen molar-refractivity contribution in [2.24, 2.45) is 0 Å². The largest absolute Gasteiger partial charge is 0.339 e. The van der Waals surface area contributed by atoms with E-state index in [2.05, 4.69) is 12.2 Å². The lowest BCUT2D eigenvalue weighted by Gasteiger charge is -2.34. The number of piperidine rings is 1. The summed E-state index contributed by atoms with van der Waals surface area (Å²) >= 11 is 0. The lowest BCUT2D eigenvalue weighted by atomic mass is 10.0. The van der Waals surface area contributed by atoms with E-state index >= 15 is 0 Å². The monoisotopic (exact) mass is 381 g/mol. The van der Waals surface area contributed by atoms with Crippen molar-refractivity contribution in [2.45, 2.75) is 46.1 Å². The Morgan fingerprint density at radius 1 is 0.962 bits per heavy atom. The molecule has 1 saturated heterocycles. The van der Waals surface area contributed by atoms with Crippen LogP contribution in [0.5, 0.6) is 0 Å². The molecule has 0 radical (unpaired) electrons. The van der Waals surface area contributed by atoms with Gasteiger partial charge in [0.2, 0.25) is 0 Å². The molecule has 2 amide bonds. The van der Waals surface area contributed by atoms with Gasteiger partial charge in [0.25, 0.3) is 11.8 Å². The first-order chi connectivity index (χ1) is 12.1. The third-order valence-corrected chi connectivity index (χ3v) is 4.90. The fourth-order valence-corrected chi connectivity index (χ4v) is 3.42. The SMILES string of the molecule is CCCN(C(=O)c1ccc(C(=O)N(CC)CC)cc1)C1CCNCC1.Cl. The number of amides is 2. The molecular formula is C20H32ClN3O2. The van der Waals surface area contributed by atoms with Gasteiger partial charge in [0, 0.05) is 36.8 Å². The van der Waals surface area contributed by atoms with Crippen LogP contribution in [0.15, 0.2) is 24.3 Å². The molecule has 6 heteroatoms. The van der Waals surface area contributed by atoms with Crippen LogP contribution in [-0.4, -0.2) is 60.4 Å². The molecule has 26 heavy (non-hydrogen) atoms. The van der Waals surface area contributed by atoms with Crippen molar-refractivity contribution in [1.29, 1.82) is 0 Å². The summed E-state index contributed by atoms with van der Waals surface area (Å²) in [7, 11) is 0. The van der Waals surface area contributed by atoms with Gasteiger partial charge in [-0.05, 0) is 70.5 Å². The minimum absolute atomic E-state index is 0. The van der Waals surface area contributed by atoms with Crippen molar-refractivity contribution in [3.05, 3.63) is 35.4 Å². The molecule has 1 fully saturated rings. The van der Waals surface area contributed by atoms with E-state index < -0.39 is 0 Å². The van der Waals surface area contributed by atoms with Gasteiger partial charge in [-0.1, -0.05) is 6.92 Å². The average Bonchev–Trinajstić information content (AvgIpc) is 2.67. The first kappa shape index (κ1) is 22.5. The highest BCUT2D eigenvalue weighted by atomic mass is 35.5. The minimum atomic E-state index is 0. The summed E-state index contributed by atoms with van der Waals surface area (Å²) in [5, 5.41) is 3.35. The number of rotatable bonds is 7. The zero-order valence-corrected chi connectivity index (χ0v) is 17.0. The van der Waals surface area contributed by atoms with Crippen molar-refractivity contribution in [3.8, 4) is 0 Å². The van der Waals surface area contributed by atoms with E-state index in [-0.39, 0.29) is 24.2 Å². The summed E-state index contributed by atoms with van der Waals surface area (Å²) in [6.07, 6.45) is 2.96. The maximum atomic E-state index is 13.0. The number of carbonyl (C=O) groups is 2. The molecule has 1 heterocycles. The molecule has 1 aromatic rings. The standard InChI is InChI=1S/C20H31N3O2.ClH/c1-4-15-23(18-11-13-21-14-12-18)20(25)17-9-7-16(8-10-17)19(24)22(5-2)6-3;/h7-10,18,21H,4-6,11-15H2,1-3H3;1H. The predicted octanol–water partition coefficient (Wildman–Crippen LogP) is 3.19. The van der Waals surface area contributed by atoms with Crippen molar-refractivity contribution >= 4 is 24.2 Å². The van der Waals surface area contributed by atoms with Crippen molar-refractivity contribution in [3.63, 3.8) is 0 Å². The van der Waals surface area contributed by atoms with Crippen LogP contribution in [0.1, 0.15) is 60.7 Å². The number of hydrogen-bond donors (Lipinski definition) is 1. The van der Waals surface area contributed by atoms with Gasteiger partial charge in [-0.2, -0.15) is 0 Å². The van der Waals surface area contributed by atoms with Crippen LogP contribution in [0.4, 0.5) is 0 Å². The molecular weight excluding hydrogens is 350 g/mol. The second-order valence-electron chi connectivity index (χ2n) is 6.53. The van der Waals surface area contributed by atoms with Crippen LogP contribution in [0.3, 0.4) is 0 Å². The summed E-state index contributed by atoms with van der Waals surface area (Å²) in [4.78, 5) is 29.2. The topological polar surface area (TPSA) is 52.7 Å². The summed E-state index contributed by atoms with van der Waals surface area (Å²) in [5.41, 5.74) is 1.31. The molecule has 1 N–H and O–H groups in total. The Bertz CT molecular complexity index is 567. The highest BCUT2D eigenvalue weighted by Gasteiger charge is 2.25. The number of hydrogen-bond acceptors (Lipinski definition) is 3. The molecule has 0 unspecified atom stereocenters. The first-order valence-electron chi connectivity index (χ1n) is 9.53. The minimum Gasteiger partial charge on any atom is -0.339 e. The van der Waals surface area contributed by atoms with E-state index in [9.17, 15) is 9.59 Å². The molecule has 0 spiro atoms.